The molecule has 0 aliphatic rings. The van der Waals surface area contributed by atoms with Crippen molar-refractivity contribution >= 4 is 50.1 Å². The highest BCUT2D eigenvalue weighted by Crippen LogP contribution is 2.30. The van der Waals surface area contributed by atoms with Crippen molar-refractivity contribution in [3.05, 3.63) is 60.6 Å². The molecule has 1 unspecified atom stereocenters. The topological polar surface area (TPSA) is 29.5 Å². The summed E-state index contributed by atoms with van der Waals surface area (Å²) in [6.07, 6.45) is -0.150. The quantitative estimate of drug-likeness (QED) is 0.642. The summed E-state index contributed by atoms with van der Waals surface area (Å²) in [5.41, 5.74) is 1.78. The van der Waals surface area contributed by atoms with Gasteiger partial charge in [-0.15, -0.1) is 0 Å². The molecule has 0 amide bonds. The van der Waals surface area contributed by atoms with E-state index in [2.05, 4.69) is 38.5 Å². The van der Waals surface area contributed by atoms with Gasteiger partial charge in [0.2, 0.25) is 0 Å². The Kier molecular flexibility index (Phi) is 5.72. The van der Waals surface area contributed by atoms with Gasteiger partial charge in [-0.05, 0) is 70.1 Å². The Hall–Kier alpha value is -0.300. The SMILES string of the molecule is COc1ccc(Cl)cc1CC(O)c1cc(Br)ccc1I. The van der Waals surface area contributed by atoms with Gasteiger partial charge in [0.25, 0.3) is 0 Å². The molecule has 1 N–H and O–H groups in total. The van der Waals surface area contributed by atoms with Gasteiger partial charge in [-0.25, -0.2) is 0 Å². The minimum Gasteiger partial charge on any atom is -0.496 e. The molecule has 0 aliphatic carbocycles. The van der Waals surface area contributed by atoms with Gasteiger partial charge >= 0.3 is 0 Å². The van der Waals surface area contributed by atoms with Gasteiger partial charge in [-0.2, -0.15) is 0 Å². The van der Waals surface area contributed by atoms with Crippen molar-refractivity contribution in [1.82, 2.24) is 0 Å². The lowest BCUT2D eigenvalue weighted by Gasteiger charge is -2.16. The largest absolute Gasteiger partial charge is 0.496 e. The molecule has 2 aromatic rings. The molecule has 106 valence electrons. The highest BCUT2D eigenvalue weighted by Gasteiger charge is 2.15. The lowest BCUT2D eigenvalue weighted by molar-refractivity contribution is 0.176. The molecule has 1 atom stereocenters. The maximum Gasteiger partial charge on any atom is 0.122 e. The summed E-state index contributed by atoms with van der Waals surface area (Å²) < 4.78 is 7.29. The average molecular weight is 468 g/mol. The number of benzene rings is 2. The van der Waals surface area contributed by atoms with E-state index < -0.39 is 6.10 Å². The minimum absolute atomic E-state index is 0.455. The first-order valence-electron chi connectivity index (χ1n) is 5.96. The van der Waals surface area contributed by atoms with E-state index in [0.29, 0.717) is 11.4 Å². The maximum absolute atomic E-state index is 10.5. The summed E-state index contributed by atoms with van der Waals surface area (Å²) in [6, 6.07) is 11.3. The van der Waals surface area contributed by atoms with Gasteiger partial charge in [-0.1, -0.05) is 27.5 Å². The third kappa shape index (κ3) is 3.87. The van der Waals surface area contributed by atoms with Crippen molar-refractivity contribution < 1.29 is 9.84 Å². The van der Waals surface area contributed by atoms with Crippen LogP contribution in [-0.4, -0.2) is 12.2 Å². The zero-order valence-electron chi connectivity index (χ0n) is 10.7. The number of ether oxygens (including phenoxy) is 1. The van der Waals surface area contributed by atoms with Crippen LogP contribution in [0.5, 0.6) is 5.75 Å². The summed E-state index contributed by atoms with van der Waals surface area (Å²) >= 11 is 11.7. The number of methoxy groups -OCH3 is 1. The van der Waals surface area contributed by atoms with Crippen LogP contribution in [-0.2, 0) is 6.42 Å². The van der Waals surface area contributed by atoms with Crippen LogP contribution in [0.4, 0.5) is 0 Å². The van der Waals surface area contributed by atoms with Gasteiger partial charge in [0.15, 0.2) is 0 Å². The Labute approximate surface area is 145 Å². The molecule has 20 heavy (non-hydrogen) atoms. The van der Waals surface area contributed by atoms with Crippen molar-refractivity contribution in [1.29, 1.82) is 0 Å². The first-order chi connectivity index (χ1) is 9.51. The predicted octanol–water partition coefficient (Wildman–Crippen LogP) is 4.99. The van der Waals surface area contributed by atoms with Crippen LogP contribution < -0.4 is 4.74 Å². The lowest BCUT2D eigenvalue weighted by Crippen LogP contribution is -2.05. The standard InChI is InChI=1S/C15H13BrClIO2/c1-20-15-5-3-11(17)6-9(15)7-14(19)12-8-10(16)2-4-13(12)18/h2-6,8,14,19H,7H2,1H3. The molecule has 2 nitrogen and oxygen atoms in total. The monoisotopic (exact) mass is 466 g/mol. The highest BCUT2D eigenvalue weighted by molar-refractivity contribution is 14.1. The molecule has 0 aromatic heterocycles. The van der Waals surface area contributed by atoms with Crippen LogP contribution >= 0.6 is 50.1 Å². The third-order valence-corrected chi connectivity index (χ3v) is 4.68. The van der Waals surface area contributed by atoms with E-state index >= 15 is 0 Å². The van der Waals surface area contributed by atoms with Crippen LogP contribution in [0.15, 0.2) is 40.9 Å². The van der Waals surface area contributed by atoms with Crippen LogP contribution in [0.3, 0.4) is 0 Å². The molecule has 5 heteroatoms. The van der Waals surface area contributed by atoms with E-state index in [1.54, 1.807) is 13.2 Å². The van der Waals surface area contributed by atoms with E-state index in [1.165, 1.54) is 0 Å². The van der Waals surface area contributed by atoms with Gasteiger partial charge in [-0.3, -0.25) is 0 Å². The molecular formula is C15H13BrClIO2. The number of rotatable bonds is 4. The van der Waals surface area contributed by atoms with Gasteiger partial charge in [0.05, 0.1) is 13.2 Å². The highest BCUT2D eigenvalue weighted by atomic mass is 127. The van der Waals surface area contributed by atoms with Gasteiger partial charge in [0, 0.05) is 19.5 Å². The summed E-state index contributed by atoms with van der Waals surface area (Å²) in [5, 5.41) is 11.1. The molecule has 0 heterocycles. The van der Waals surface area contributed by atoms with E-state index in [1.807, 2.05) is 30.3 Å². The Morgan fingerprint density at radius 1 is 1.30 bits per heavy atom. The van der Waals surface area contributed by atoms with Crippen molar-refractivity contribution in [3.63, 3.8) is 0 Å². The summed E-state index contributed by atoms with van der Waals surface area (Å²) in [5.74, 6) is 0.735. The third-order valence-electron chi connectivity index (χ3n) is 2.97. The first kappa shape index (κ1) is 16.1. The van der Waals surface area contributed by atoms with Crippen LogP contribution in [0.2, 0.25) is 5.02 Å². The fraction of sp³-hybridized carbons (Fsp3) is 0.200. The van der Waals surface area contributed by atoms with Gasteiger partial charge < -0.3 is 9.84 Å². The van der Waals surface area contributed by atoms with Crippen molar-refractivity contribution in [2.45, 2.75) is 12.5 Å². The molecule has 0 aliphatic heterocycles. The fourth-order valence-corrected chi connectivity index (χ4v) is 3.26. The minimum atomic E-state index is -0.605. The number of hydrogen-bond donors (Lipinski definition) is 1. The zero-order valence-corrected chi connectivity index (χ0v) is 15.2. The molecule has 0 bridgehead atoms. The van der Waals surface area contributed by atoms with Gasteiger partial charge in [0.1, 0.15) is 5.75 Å². The second-order valence-electron chi connectivity index (χ2n) is 4.34. The molecule has 0 spiro atoms. The molecule has 2 rings (SSSR count). The Bertz CT molecular complexity index is 619. The number of aliphatic hydroxyl groups is 1. The Balaban J connectivity index is 2.29. The van der Waals surface area contributed by atoms with Crippen LogP contribution in [0, 0.1) is 3.57 Å². The summed E-state index contributed by atoms with van der Waals surface area (Å²) in [7, 11) is 1.61. The van der Waals surface area contributed by atoms with Crippen molar-refractivity contribution in [3.8, 4) is 5.75 Å². The molecule has 2 aromatic carbocycles. The molecule has 0 radical (unpaired) electrons. The number of halogens is 3. The molecule has 0 fully saturated rings. The maximum atomic E-state index is 10.5. The summed E-state index contributed by atoms with van der Waals surface area (Å²) in [4.78, 5) is 0. The van der Waals surface area contributed by atoms with E-state index in [4.69, 9.17) is 16.3 Å². The Morgan fingerprint density at radius 2 is 2.05 bits per heavy atom. The second-order valence-corrected chi connectivity index (χ2v) is 6.86. The summed E-state index contributed by atoms with van der Waals surface area (Å²) in [6.45, 7) is 0. The Morgan fingerprint density at radius 3 is 2.75 bits per heavy atom. The predicted molar refractivity (Wildman–Crippen MR) is 93.5 cm³/mol. The second kappa shape index (κ2) is 7.11. The lowest BCUT2D eigenvalue weighted by atomic mass is 10.0. The van der Waals surface area contributed by atoms with Crippen molar-refractivity contribution in [2.24, 2.45) is 0 Å². The van der Waals surface area contributed by atoms with E-state index in [9.17, 15) is 5.11 Å². The van der Waals surface area contributed by atoms with E-state index in [0.717, 1.165) is 24.9 Å². The molecule has 0 saturated carbocycles. The zero-order chi connectivity index (χ0) is 14.7. The first-order valence-corrected chi connectivity index (χ1v) is 8.21. The normalized spacial score (nSPS) is 12.2. The average Bonchev–Trinajstić information content (AvgIpc) is 2.41. The number of hydrogen-bond acceptors (Lipinski definition) is 2. The van der Waals surface area contributed by atoms with E-state index in [-0.39, 0.29) is 0 Å². The molecular weight excluding hydrogens is 454 g/mol. The van der Waals surface area contributed by atoms with Crippen molar-refractivity contribution in [2.75, 3.05) is 7.11 Å². The van der Waals surface area contributed by atoms with Crippen LogP contribution in [0.25, 0.3) is 0 Å². The van der Waals surface area contributed by atoms with Crippen LogP contribution in [0.1, 0.15) is 17.2 Å². The fourth-order valence-electron chi connectivity index (χ4n) is 1.99. The molecule has 0 saturated heterocycles. The number of aliphatic hydroxyl groups excluding tert-OH is 1. The smallest absolute Gasteiger partial charge is 0.122 e.